The van der Waals surface area contributed by atoms with Crippen LogP contribution in [0, 0.1) is 5.82 Å². The van der Waals surface area contributed by atoms with Gasteiger partial charge in [-0.2, -0.15) is 0 Å². The average Bonchev–Trinajstić information content (AvgIpc) is 2.24. The first-order valence-corrected chi connectivity index (χ1v) is 6.16. The largest absolute Gasteiger partial charge is 0.487 e. The first-order valence-electron chi connectivity index (χ1n) is 5.37. The Morgan fingerprint density at radius 3 is 2.82 bits per heavy atom. The Morgan fingerprint density at radius 2 is 2.24 bits per heavy atom. The van der Waals surface area contributed by atoms with Gasteiger partial charge in [-0.05, 0) is 19.1 Å². The highest BCUT2D eigenvalue weighted by Crippen LogP contribution is 2.28. The van der Waals surface area contributed by atoms with Crippen LogP contribution < -0.4 is 4.74 Å². The van der Waals surface area contributed by atoms with Crippen molar-refractivity contribution in [2.75, 3.05) is 6.61 Å². The van der Waals surface area contributed by atoms with Crippen molar-refractivity contribution in [3.63, 3.8) is 0 Å². The smallest absolute Gasteiger partial charge is 0.169 e. The third kappa shape index (κ3) is 2.84. The first-order chi connectivity index (χ1) is 8.10. The van der Waals surface area contributed by atoms with Gasteiger partial charge in [0, 0.05) is 23.6 Å². The lowest BCUT2D eigenvalue weighted by Crippen LogP contribution is -2.52. The Labute approximate surface area is 107 Å². The fourth-order valence-electron chi connectivity index (χ4n) is 1.72. The fourth-order valence-corrected chi connectivity index (χ4v) is 2.17. The number of halogens is 2. The summed E-state index contributed by atoms with van der Waals surface area (Å²) in [7, 11) is 0. The number of ketones is 1. The second-order valence-corrected chi connectivity index (χ2v) is 4.72. The lowest BCUT2D eigenvalue weighted by atomic mass is 9.90. The SMILES string of the molecule is CCOC1C(=O)CC1Oc1cc(F)cc(Br)c1. The summed E-state index contributed by atoms with van der Waals surface area (Å²) in [5.41, 5.74) is 0. The monoisotopic (exact) mass is 302 g/mol. The van der Waals surface area contributed by atoms with Crippen LogP contribution in [0.1, 0.15) is 13.3 Å². The molecule has 1 aliphatic rings. The van der Waals surface area contributed by atoms with Crippen molar-refractivity contribution in [3.8, 4) is 5.75 Å². The van der Waals surface area contributed by atoms with Gasteiger partial charge in [-0.15, -0.1) is 0 Å². The van der Waals surface area contributed by atoms with Gasteiger partial charge >= 0.3 is 0 Å². The molecule has 17 heavy (non-hydrogen) atoms. The molecule has 0 N–H and O–H groups in total. The minimum Gasteiger partial charge on any atom is -0.487 e. The maximum Gasteiger partial charge on any atom is 0.169 e. The molecule has 1 aromatic rings. The number of ether oxygens (including phenoxy) is 2. The minimum absolute atomic E-state index is 0.0346. The Hall–Kier alpha value is -0.940. The molecule has 1 aromatic carbocycles. The van der Waals surface area contributed by atoms with Crippen molar-refractivity contribution in [2.45, 2.75) is 25.6 Å². The summed E-state index contributed by atoms with van der Waals surface area (Å²) >= 11 is 3.18. The van der Waals surface area contributed by atoms with Gasteiger partial charge in [-0.3, -0.25) is 4.79 Å². The number of carbonyl (C=O) groups excluding carboxylic acids is 1. The van der Waals surface area contributed by atoms with Crippen LogP contribution in [-0.4, -0.2) is 24.6 Å². The molecule has 0 spiro atoms. The van der Waals surface area contributed by atoms with Crippen LogP contribution in [0.15, 0.2) is 22.7 Å². The Balaban J connectivity index is 2.03. The molecule has 1 saturated carbocycles. The number of hydrogen-bond acceptors (Lipinski definition) is 3. The molecule has 5 heteroatoms. The quantitative estimate of drug-likeness (QED) is 0.858. The van der Waals surface area contributed by atoms with Crippen LogP contribution in [0.4, 0.5) is 4.39 Å². The number of Topliss-reactive ketones (excluding diaryl/α,β-unsaturated/α-hetero) is 1. The zero-order valence-electron chi connectivity index (χ0n) is 9.28. The molecule has 0 saturated heterocycles. The summed E-state index contributed by atoms with van der Waals surface area (Å²) in [6.07, 6.45) is -0.503. The summed E-state index contributed by atoms with van der Waals surface area (Å²) in [6, 6.07) is 4.30. The topological polar surface area (TPSA) is 35.5 Å². The molecule has 2 rings (SSSR count). The first kappa shape index (κ1) is 12.5. The van der Waals surface area contributed by atoms with E-state index in [2.05, 4.69) is 15.9 Å². The molecular formula is C12H12BrFO3. The van der Waals surface area contributed by atoms with E-state index >= 15 is 0 Å². The van der Waals surface area contributed by atoms with Crippen LogP contribution in [0.25, 0.3) is 0 Å². The van der Waals surface area contributed by atoms with Gasteiger partial charge in [-0.25, -0.2) is 4.39 Å². The highest BCUT2D eigenvalue weighted by molar-refractivity contribution is 9.10. The Kier molecular flexibility index (Phi) is 3.79. The molecule has 1 aliphatic carbocycles. The number of benzene rings is 1. The molecule has 92 valence electrons. The van der Waals surface area contributed by atoms with Gasteiger partial charge in [0.15, 0.2) is 11.9 Å². The van der Waals surface area contributed by atoms with Gasteiger partial charge in [0.2, 0.25) is 0 Å². The van der Waals surface area contributed by atoms with Crippen LogP contribution in [-0.2, 0) is 9.53 Å². The van der Waals surface area contributed by atoms with Gasteiger partial charge in [0.05, 0.1) is 0 Å². The third-order valence-corrected chi connectivity index (χ3v) is 2.98. The van der Waals surface area contributed by atoms with E-state index in [4.69, 9.17) is 9.47 Å². The van der Waals surface area contributed by atoms with E-state index in [-0.39, 0.29) is 17.7 Å². The highest BCUT2D eigenvalue weighted by Gasteiger charge is 2.42. The third-order valence-electron chi connectivity index (χ3n) is 2.53. The van der Waals surface area contributed by atoms with Crippen molar-refractivity contribution in [1.82, 2.24) is 0 Å². The maximum absolute atomic E-state index is 13.1. The Bertz CT molecular complexity index is 416. The van der Waals surface area contributed by atoms with Gasteiger partial charge in [0.1, 0.15) is 17.7 Å². The second-order valence-electron chi connectivity index (χ2n) is 3.81. The predicted molar refractivity (Wildman–Crippen MR) is 63.6 cm³/mol. The zero-order chi connectivity index (χ0) is 12.4. The maximum atomic E-state index is 13.1. The van der Waals surface area contributed by atoms with E-state index in [1.54, 1.807) is 6.07 Å². The number of carbonyl (C=O) groups is 1. The van der Waals surface area contributed by atoms with E-state index in [0.717, 1.165) is 0 Å². The van der Waals surface area contributed by atoms with Crippen molar-refractivity contribution < 1.29 is 18.7 Å². The minimum atomic E-state index is -0.512. The lowest BCUT2D eigenvalue weighted by molar-refractivity contribution is -0.154. The van der Waals surface area contributed by atoms with Crippen molar-refractivity contribution in [1.29, 1.82) is 0 Å². The zero-order valence-corrected chi connectivity index (χ0v) is 10.9. The van der Waals surface area contributed by atoms with Crippen molar-refractivity contribution in [3.05, 3.63) is 28.5 Å². The predicted octanol–water partition coefficient (Wildman–Crippen LogP) is 2.71. The molecule has 3 nitrogen and oxygen atoms in total. The van der Waals surface area contributed by atoms with Crippen LogP contribution in [0.2, 0.25) is 0 Å². The molecule has 0 radical (unpaired) electrons. The van der Waals surface area contributed by atoms with E-state index in [9.17, 15) is 9.18 Å². The summed E-state index contributed by atoms with van der Waals surface area (Å²) in [4.78, 5) is 11.3. The van der Waals surface area contributed by atoms with E-state index < -0.39 is 6.10 Å². The standard InChI is InChI=1S/C12H12BrFO3/c1-2-16-12-10(15)6-11(12)17-9-4-7(13)3-8(14)5-9/h3-5,11-12H,2,6H2,1H3. The molecule has 0 aromatic heterocycles. The van der Waals surface area contributed by atoms with E-state index in [1.165, 1.54) is 12.1 Å². The van der Waals surface area contributed by atoms with Crippen molar-refractivity contribution >= 4 is 21.7 Å². The van der Waals surface area contributed by atoms with Crippen LogP contribution in [0.5, 0.6) is 5.75 Å². The van der Waals surface area contributed by atoms with Gasteiger partial charge in [-0.1, -0.05) is 15.9 Å². The molecule has 0 amide bonds. The second kappa shape index (κ2) is 5.14. The summed E-state index contributed by atoms with van der Waals surface area (Å²) in [5, 5.41) is 0. The molecule has 2 atom stereocenters. The summed E-state index contributed by atoms with van der Waals surface area (Å²) in [5.74, 6) is 0.0550. The molecule has 0 aliphatic heterocycles. The number of rotatable bonds is 4. The highest BCUT2D eigenvalue weighted by atomic mass is 79.9. The van der Waals surface area contributed by atoms with E-state index in [1.807, 2.05) is 6.92 Å². The molecule has 2 unspecified atom stereocenters. The van der Waals surface area contributed by atoms with Gasteiger partial charge < -0.3 is 9.47 Å². The van der Waals surface area contributed by atoms with Crippen molar-refractivity contribution in [2.24, 2.45) is 0 Å². The summed E-state index contributed by atoms with van der Waals surface area (Å²) < 4.78 is 24.5. The van der Waals surface area contributed by atoms with Gasteiger partial charge in [0.25, 0.3) is 0 Å². The molecule has 1 fully saturated rings. The normalized spacial score (nSPS) is 23.4. The number of hydrogen-bond donors (Lipinski definition) is 0. The summed E-state index contributed by atoms with van der Waals surface area (Å²) in [6.45, 7) is 2.28. The molecule has 0 heterocycles. The van der Waals surface area contributed by atoms with E-state index in [0.29, 0.717) is 23.2 Å². The molecular weight excluding hydrogens is 291 g/mol. The van der Waals surface area contributed by atoms with Crippen LogP contribution >= 0.6 is 15.9 Å². The Morgan fingerprint density at radius 1 is 1.47 bits per heavy atom. The average molecular weight is 303 g/mol. The lowest BCUT2D eigenvalue weighted by Gasteiger charge is -2.34. The van der Waals surface area contributed by atoms with Crippen LogP contribution in [0.3, 0.4) is 0 Å². The fraction of sp³-hybridized carbons (Fsp3) is 0.417. The molecule has 0 bridgehead atoms.